The average molecular weight is 261 g/mol. The van der Waals surface area contributed by atoms with Crippen molar-refractivity contribution in [3.63, 3.8) is 0 Å². The SMILES string of the molecule is CC1CCN(C=CC=CC=[N+]2CCC(C)CC2)CC1. The normalized spacial score (nSPS) is 26.5. The maximum atomic E-state index is 2.44. The molecule has 0 aromatic rings. The number of rotatable bonds is 3. The molecule has 0 unspecified atom stereocenters. The maximum absolute atomic E-state index is 2.44. The van der Waals surface area contributed by atoms with Gasteiger partial charge in [0.2, 0.25) is 0 Å². The third kappa shape index (κ3) is 5.22. The zero-order chi connectivity index (χ0) is 13.5. The van der Waals surface area contributed by atoms with Crippen LogP contribution in [0.1, 0.15) is 39.5 Å². The van der Waals surface area contributed by atoms with E-state index in [0.29, 0.717) is 0 Å². The molecule has 0 saturated carbocycles. The topological polar surface area (TPSA) is 6.25 Å². The van der Waals surface area contributed by atoms with Crippen molar-refractivity contribution in [2.45, 2.75) is 39.5 Å². The molecule has 2 rings (SSSR count). The number of hydrogen-bond acceptors (Lipinski definition) is 1. The first kappa shape index (κ1) is 14.4. The van der Waals surface area contributed by atoms with Crippen LogP contribution < -0.4 is 0 Å². The molecule has 0 bridgehead atoms. The molecule has 0 aromatic heterocycles. The second-order valence-corrected chi connectivity index (χ2v) is 6.31. The predicted octanol–water partition coefficient (Wildman–Crippen LogP) is 3.30. The van der Waals surface area contributed by atoms with Crippen LogP contribution in [0, 0.1) is 11.8 Å². The summed E-state index contributed by atoms with van der Waals surface area (Å²) in [5, 5.41) is 0. The van der Waals surface area contributed by atoms with Gasteiger partial charge in [-0.15, -0.1) is 0 Å². The van der Waals surface area contributed by atoms with E-state index in [1.54, 1.807) is 0 Å². The molecule has 19 heavy (non-hydrogen) atoms. The largest absolute Gasteiger partial charge is 0.377 e. The van der Waals surface area contributed by atoms with Gasteiger partial charge in [-0.25, -0.2) is 4.58 Å². The van der Waals surface area contributed by atoms with Crippen LogP contribution in [-0.2, 0) is 0 Å². The molecular weight excluding hydrogens is 232 g/mol. The summed E-state index contributed by atoms with van der Waals surface area (Å²) < 4.78 is 2.44. The molecule has 0 N–H and O–H groups in total. The highest BCUT2D eigenvalue weighted by molar-refractivity contribution is 5.66. The third-order valence-corrected chi connectivity index (χ3v) is 4.45. The molecular formula is C17H29N2+. The van der Waals surface area contributed by atoms with Crippen LogP contribution in [-0.4, -0.2) is 41.9 Å². The standard InChI is InChI=1S/C17H29N2/c1-16-6-12-18(13-7-16)10-4-3-5-11-19-14-8-17(2)9-15-19/h3-5,10-11,16-17H,6-9,12-15H2,1-2H3/q+1. The lowest BCUT2D eigenvalue weighted by atomic mass is 10.00. The van der Waals surface area contributed by atoms with Crippen molar-refractivity contribution < 1.29 is 4.58 Å². The average Bonchev–Trinajstić information content (AvgIpc) is 2.43. The van der Waals surface area contributed by atoms with Crippen LogP contribution in [0.5, 0.6) is 0 Å². The first-order chi connectivity index (χ1) is 9.24. The van der Waals surface area contributed by atoms with Crippen molar-refractivity contribution in [3.05, 3.63) is 24.4 Å². The van der Waals surface area contributed by atoms with Crippen LogP contribution in [0.3, 0.4) is 0 Å². The summed E-state index contributed by atoms with van der Waals surface area (Å²) >= 11 is 0. The van der Waals surface area contributed by atoms with E-state index in [4.69, 9.17) is 0 Å². The number of likely N-dealkylation sites (tertiary alicyclic amines) is 1. The number of piperidine rings is 2. The van der Waals surface area contributed by atoms with E-state index in [9.17, 15) is 0 Å². The number of allylic oxidation sites excluding steroid dienone is 3. The Morgan fingerprint density at radius 2 is 1.47 bits per heavy atom. The highest BCUT2D eigenvalue weighted by Gasteiger charge is 2.15. The van der Waals surface area contributed by atoms with Crippen LogP contribution in [0.25, 0.3) is 0 Å². The van der Waals surface area contributed by atoms with Gasteiger partial charge in [0, 0.05) is 32.0 Å². The maximum Gasteiger partial charge on any atom is 0.163 e. The fourth-order valence-electron chi connectivity index (χ4n) is 2.76. The number of nitrogens with zero attached hydrogens (tertiary/aromatic N) is 2. The van der Waals surface area contributed by atoms with Gasteiger partial charge in [0.25, 0.3) is 0 Å². The van der Waals surface area contributed by atoms with Crippen molar-refractivity contribution >= 4 is 6.21 Å². The molecule has 2 heteroatoms. The van der Waals surface area contributed by atoms with Gasteiger partial charge in [0.05, 0.1) is 0 Å². The Balaban J connectivity index is 1.69. The van der Waals surface area contributed by atoms with Crippen molar-refractivity contribution in [1.29, 1.82) is 0 Å². The van der Waals surface area contributed by atoms with E-state index in [1.165, 1.54) is 51.9 Å². The lowest BCUT2D eigenvalue weighted by Crippen LogP contribution is -2.28. The van der Waals surface area contributed by atoms with Crippen LogP contribution in [0.4, 0.5) is 0 Å². The molecule has 2 aliphatic heterocycles. The predicted molar refractivity (Wildman–Crippen MR) is 82.7 cm³/mol. The van der Waals surface area contributed by atoms with Gasteiger partial charge in [-0.05, 0) is 37.0 Å². The Morgan fingerprint density at radius 1 is 0.842 bits per heavy atom. The minimum Gasteiger partial charge on any atom is -0.377 e. The summed E-state index contributed by atoms with van der Waals surface area (Å²) in [5.41, 5.74) is 0. The molecule has 0 spiro atoms. The smallest absolute Gasteiger partial charge is 0.163 e. The molecule has 0 atom stereocenters. The van der Waals surface area contributed by atoms with Gasteiger partial charge in [-0.2, -0.15) is 0 Å². The molecule has 106 valence electrons. The lowest BCUT2D eigenvalue weighted by Gasteiger charge is -2.28. The Morgan fingerprint density at radius 3 is 2.16 bits per heavy atom. The summed E-state index contributed by atoms with van der Waals surface area (Å²) in [6.07, 6.45) is 16.4. The van der Waals surface area contributed by atoms with Gasteiger partial charge < -0.3 is 4.90 Å². The molecule has 2 saturated heterocycles. The monoisotopic (exact) mass is 261 g/mol. The lowest BCUT2D eigenvalue weighted by molar-refractivity contribution is -0.535. The van der Waals surface area contributed by atoms with Gasteiger partial charge in [0.1, 0.15) is 13.1 Å². The second kappa shape index (κ2) is 7.52. The van der Waals surface area contributed by atoms with E-state index >= 15 is 0 Å². The minimum absolute atomic E-state index is 0.912. The molecule has 0 aliphatic carbocycles. The van der Waals surface area contributed by atoms with Crippen molar-refractivity contribution in [2.24, 2.45) is 11.8 Å². The summed E-state index contributed by atoms with van der Waals surface area (Å²) in [6.45, 7) is 9.60. The van der Waals surface area contributed by atoms with Crippen LogP contribution in [0.15, 0.2) is 24.4 Å². The highest BCUT2D eigenvalue weighted by atomic mass is 15.1. The van der Waals surface area contributed by atoms with Gasteiger partial charge >= 0.3 is 0 Å². The summed E-state index contributed by atoms with van der Waals surface area (Å²) in [7, 11) is 0. The van der Waals surface area contributed by atoms with Gasteiger partial charge in [-0.3, -0.25) is 0 Å². The van der Waals surface area contributed by atoms with Gasteiger partial charge in [-0.1, -0.05) is 19.9 Å². The highest BCUT2D eigenvalue weighted by Crippen LogP contribution is 2.15. The Bertz CT molecular complexity index is 336. The Hall–Kier alpha value is -1.05. The quantitative estimate of drug-likeness (QED) is 0.558. The number of hydrogen-bond donors (Lipinski definition) is 0. The molecule has 0 aromatic carbocycles. The van der Waals surface area contributed by atoms with E-state index in [2.05, 4.69) is 54.0 Å². The van der Waals surface area contributed by atoms with E-state index < -0.39 is 0 Å². The molecule has 2 heterocycles. The molecule has 2 fully saturated rings. The fourth-order valence-corrected chi connectivity index (χ4v) is 2.76. The summed E-state index contributed by atoms with van der Waals surface area (Å²) in [6, 6.07) is 0. The zero-order valence-corrected chi connectivity index (χ0v) is 12.6. The van der Waals surface area contributed by atoms with E-state index in [1.807, 2.05) is 0 Å². The minimum atomic E-state index is 0.912. The summed E-state index contributed by atoms with van der Waals surface area (Å²) in [4.78, 5) is 2.44. The summed E-state index contributed by atoms with van der Waals surface area (Å²) in [5.74, 6) is 1.82. The van der Waals surface area contributed by atoms with E-state index in [0.717, 1.165) is 11.8 Å². The Labute approximate surface area is 118 Å². The van der Waals surface area contributed by atoms with Crippen LogP contribution >= 0.6 is 0 Å². The van der Waals surface area contributed by atoms with Crippen molar-refractivity contribution in [3.8, 4) is 0 Å². The fraction of sp³-hybridized carbons (Fsp3) is 0.706. The first-order valence-electron chi connectivity index (χ1n) is 7.90. The second-order valence-electron chi connectivity index (χ2n) is 6.31. The van der Waals surface area contributed by atoms with Crippen molar-refractivity contribution in [1.82, 2.24) is 4.90 Å². The van der Waals surface area contributed by atoms with Crippen LogP contribution in [0.2, 0.25) is 0 Å². The first-order valence-corrected chi connectivity index (χ1v) is 7.90. The molecule has 0 radical (unpaired) electrons. The van der Waals surface area contributed by atoms with Crippen molar-refractivity contribution in [2.75, 3.05) is 26.2 Å². The van der Waals surface area contributed by atoms with Gasteiger partial charge in [0.15, 0.2) is 6.21 Å². The van der Waals surface area contributed by atoms with E-state index in [-0.39, 0.29) is 0 Å². The Kier molecular flexibility index (Phi) is 5.68. The zero-order valence-electron chi connectivity index (χ0n) is 12.6. The third-order valence-electron chi connectivity index (χ3n) is 4.45. The molecule has 0 amide bonds. The molecule has 2 aliphatic rings. The molecule has 2 nitrogen and oxygen atoms in total.